The van der Waals surface area contributed by atoms with E-state index >= 15 is 0 Å². The first-order valence-corrected chi connectivity index (χ1v) is 8.55. The van der Waals surface area contributed by atoms with Crippen LogP contribution >= 0.6 is 15.9 Å². The zero-order chi connectivity index (χ0) is 17.2. The van der Waals surface area contributed by atoms with Crippen LogP contribution in [0.2, 0.25) is 0 Å². The Bertz CT molecular complexity index is 681. The number of amides is 1. The molecule has 0 radical (unpaired) electrons. The van der Waals surface area contributed by atoms with Gasteiger partial charge in [0.1, 0.15) is 5.75 Å². The molecule has 0 N–H and O–H groups in total. The number of ether oxygens (including phenoxy) is 1. The van der Waals surface area contributed by atoms with E-state index in [0.29, 0.717) is 25.3 Å². The Balaban J connectivity index is 1.89. The van der Waals surface area contributed by atoms with E-state index in [1.807, 2.05) is 42.5 Å². The van der Waals surface area contributed by atoms with Gasteiger partial charge < -0.3 is 9.64 Å². The van der Waals surface area contributed by atoms with Gasteiger partial charge >= 0.3 is 0 Å². The van der Waals surface area contributed by atoms with Crippen LogP contribution in [0, 0.1) is 11.3 Å². The Morgan fingerprint density at radius 1 is 1.08 bits per heavy atom. The van der Waals surface area contributed by atoms with E-state index in [2.05, 4.69) is 22.0 Å². The molecule has 0 saturated heterocycles. The summed E-state index contributed by atoms with van der Waals surface area (Å²) in [5.74, 6) is 0.541. The lowest BCUT2D eigenvalue weighted by atomic mass is 10.1. The highest BCUT2D eigenvalue weighted by Crippen LogP contribution is 2.16. The number of halogens is 1. The predicted molar refractivity (Wildman–Crippen MR) is 96.6 cm³/mol. The Labute approximate surface area is 150 Å². The van der Waals surface area contributed by atoms with Crippen molar-refractivity contribution in [2.75, 3.05) is 19.7 Å². The topological polar surface area (TPSA) is 53.3 Å². The van der Waals surface area contributed by atoms with Crippen LogP contribution in [-0.2, 0) is 11.2 Å². The summed E-state index contributed by atoms with van der Waals surface area (Å²) in [5, 5.41) is 8.79. The molecule has 0 bridgehead atoms. The molecule has 124 valence electrons. The summed E-state index contributed by atoms with van der Waals surface area (Å²) in [4.78, 5) is 14.1. The first kappa shape index (κ1) is 18.0. The number of nitriles is 1. The molecule has 5 heteroatoms. The van der Waals surface area contributed by atoms with E-state index < -0.39 is 0 Å². The average molecular weight is 387 g/mol. The summed E-state index contributed by atoms with van der Waals surface area (Å²) in [6.45, 7) is 0.974. The number of hydrogen-bond acceptors (Lipinski definition) is 3. The minimum absolute atomic E-state index is 0.0259. The van der Waals surface area contributed by atoms with Gasteiger partial charge in [-0.1, -0.05) is 46.3 Å². The van der Waals surface area contributed by atoms with Gasteiger partial charge in [-0.3, -0.25) is 4.79 Å². The Morgan fingerprint density at radius 3 is 2.46 bits per heavy atom. The number of hydrogen-bond donors (Lipinski definition) is 0. The van der Waals surface area contributed by atoms with Gasteiger partial charge in [-0.05, 0) is 36.2 Å². The third kappa shape index (κ3) is 6.05. The van der Waals surface area contributed by atoms with Gasteiger partial charge in [-0.15, -0.1) is 0 Å². The third-order valence-electron chi connectivity index (χ3n) is 3.54. The molecule has 4 nitrogen and oxygen atoms in total. The zero-order valence-electron chi connectivity index (χ0n) is 13.3. The molecule has 0 aliphatic rings. The van der Waals surface area contributed by atoms with E-state index in [1.165, 1.54) is 5.56 Å². The van der Waals surface area contributed by atoms with Crippen LogP contribution in [0.4, 0.5) is 0 Å². The molecule has 0 spiro atoms. The van der Waals surface area contributed by atoms with Crippen LogP contribution < -0.4 is 4.74 Å². The maximum absolute atomic E-state index is 12.4. The fourth-order valence-electron chi connectivity index (χ4n) is 2.22. The molecule has 0 fully saturated rings. The van der Waals surface area contributed by atoms with E-state index in [0.717, 1.165) is 10.9 Å². The highest BCUT2D eigenvalue weighted by Gasteiger charge is 2.14. The second-order valence-corrected chi connectivity index (χ2v) is 6.18. The molecule has 0 aromatic heterocycles. The highest BCUT2D eigenvalue weighted by atomic mass is 79.9. The first-order chi connectivity index (χ1) is 11.7. The molecule has 1 amide bonds. The van der Waals surface area contributed by atoms with Gasteiger partial charge in [0.15, 0.2) is 6.61 Å². The van der Waals surface area contributed by atoms with Crippen molar-refractivity contribution < 1.29 is 9.53 Å². The van der Waals surface area contributed by atoms with Crippen molar-refractivity contribution in [1.82, 2.24) is 4.90 Å². The van der Waals surface area contributed by atoms with Crippen molar-refractivity contribution in [2.24, 2.45) is 0 Å². The van der Waals surface area contributed by atoms with Crippen molar-refractivity contribution in [3.63, 3.8) is 0 Å². The SMILES string of the molecule is N#CCCN(CCc1ccccc1)C(=O)COc1ccc(Br)cc1. The normalized spacial score (nSPS) is 10.0. The minimum atomic E-state index is -0.107. The van der Waals surface area contributed by atoms with Crippen LogP contribution in [0.5, 0.6) is 5.75 Å². The molecule has 2 rings (SSSR count). The van der Waals surface area contributed by atoms with Crippen LogP contribution in [-0.4, -0.2) is 30.5 Å². The minimum Gasteiger partial charge on any atom is -0.484 e. The lowest BCUT2D eigenvalue weighted by Crippen LogP contribution is -2.37. The molecule has 0 aliphatic heterocycles. The molecule has 2 aromatic carbocycles. The largest absolute Gasteiger partial charge is 0.484 e. The van der Waals surface area contributed by atoms with Crippen molar-refractivity contribution in [3.05, 3.63) is 64.6 Å². The monoisotopic (exact) mass is 386 g/mol. The van der Waals surface area contributed by atoms with E-state index in [4.69, 9.17) is 10.00 Å². The molecule has 0 aliphatic carbocycles. The Hall–Kier alpha value is -2.32. The van der Waals surface area contributed by atoms with Gasteiger partial charge in [-0.2, -0.15) is 5.26 Å². The summed E-state index contributed by atoms with van der Waals surface area (Å²) >= 11 is 3.36. The summed E-state index contributed by atoms with van der Waals surface area (Å²) in [5.41, 5.74) is 1.17. The summed E-state index contributed by atoms with van der Waals surface area (Å²) in [7, 11) is 0. The lowest BCUT2D eigenvalue weighted by molar-refractivity contribution is -0.133. The van der Waals surface area contributed by atoms with E-state index in [9.17, 15) is 4.79 Å². The van der Waals surface area contributed by atoms with Crippen LogP contribution in [0.15, 0.2) is 59.1 Å². The number of carbonyl (C=O) groups excluding carboxylic acids is 1. The predicted octanol–water partition coefficient (Wildman–Crippen LogP) is 3.81. The molecule has 0 heterocycles. The molecular formula is C19H19BrN2O2. The van der Waals surface area contributed by atoms with E-state index in [1.54, 1.807) is 17.0 Å². The number of benzene rings is 2. The molecule has 2 aromatic rings. The number of carbonyl (C=O) groups is 1. The van der Waals surface area contributed by atoms with Gasteiger partial charge in [0.2, 0.25) is 0 Å². The van der Waals surface area contributed by atoms with E-state index in [-0.39, 0.29) is 12.5 Å². The van der Waals surface area contributed by atoms with Gasteiger partial charge in [0, 0.05) is 17.6 Å². The smallest absolute Gasteiger partial charge is 0.260 e. The molecule has 0 atom stereocenters. The molecular weight excluding hydrogens is 368 g/mol. The number of nitrogens with zero attached hydrogens (tertiary/aromatic N) is 2. The fourth-order valence-corrected chi connectivity index (χ4v) is 2.49. The summed E-state index contributed by atoms with van der Waals surface area (Å²) < 4.78 is 6.50. The molecule has 24 heavy (non-hydrogen) atoms. The maximum Gasteiger partial charge on any atom is 0.260 e. The molecule has 0 unspecified atom stereocenters. The van der Waals surface area contributed by atoms with Crippen molar-refractivity contribution in [2.45, 2.75) is 12.8 Å². The fraction of sp³-hybridized carbons (Fsp3) is 0.263. The lowest BCUT2D eigenvalue weighted by Gasteiger charge is -2.22. The van der Waals surface area contributed by atoms with Crippen molar-refractivity contribution in [3.8, 4) is 11.8 Å². The summed E-state index contributed by atoms with van der Waals surface area (Å²) in [6.07, 6.45) is 1.08. The van der Waals surface area contributed by atoms with Crippen LogP contribution in [0.25, 0.3) is 0 Å². The van der Waals surface area contributed by atoms with Crippen LogP contribution in [0.1, 0.15) is 12.0 Å². The second kappa shape index (κ2) is 9.74. The highest BCUT2D eigenvalue weighted by molar-refractivity contribution is 9.10. The standard InChI is InChI=1S/C19H19BrN2O2/c20-17-7-9-18(10-8-17)24-15-19(23)22(13-4-12-21)14-11-16-5-2-1-3-6-16/h1-3,5-10H,4,11,13-15H2. The third-order valence-corrected chi connectivity index (χ3v) is 4.06. The first-order valence-electron chi connectivity index (χ1n) is 7.76. The number of rotatable bonds is 8. The van der Waals surface area contributed by atoms with Crippen molar-refractivity contribution >= 4 is 21.8 Å². The summed E-state index contributed by atoms with van der Waals surface area (Å²) in [6, 6.07) is 19.4. The Morgan fingerprint density at radius 2 is 1.79 bits per heavy atom. The Kier molecular flexibility index (Phi) is 7.31. The zero-order valence-corrected chi connectivity index (χ0v) is 14.9. The quantitative estimate of drug-likeness (QED) is 0.692. The van der Waals surface area contributed by atoms with Gasteiger partial charge in [-0.25, -0.2) is 0 Å². The van der Waals surface area contributed by atoms with Gasteiger partial charge in [0.05, 0.1) is 12.5 Å². The van der Waals surface area contributed by atoms with Crippen molar-refractivity contribution in [1.29, 1.82) is 5.26 Å². The second-order valence-electron chi connectivity index (χ2n) is 5.27. The van der Waals surface area contributed by atoms with Gasteiger partial charge in [0.25, 0.3) is 5.91 Å². The maximum atomic E-state index is 12.4. The molecule has 0 saturated carbocycles. The van der Waals surface area contributed by atoms with Crippen LogP contribution in [0.3, 0.4) is 0 Å². The average Bonchev–Trinajstić information content (AvgIpc) is 2.62.